The molecular formula is C52H53N7O3Zn2+4. The Kier molecular flexibility index (Phi) is 18.2. The molecule has 314 valence electrons. The zero-order valence-electron chi connectivity index (χ0n) is 36.5. The minimum atomic E-state index is -0.687. The van der Waals surface area contributed by atoms with Crippen molar-refractivity contribution >= 4 is 44.0 Å². The predicted molar refractivity (Wildman–Crippen MR) is 245 cm³/mol. The molecule has 0 saturated carbocycles. The first kappa shape index (κ1) is 48.2. The Morgan fingerprint density at radius 2 is 1.08 bits per heavy atom. The van der Waals surface area contributed by atoms with Gasteiger partial charge in [-0.3, -0.25) is 39.3 Å². The molecule has 0 radical (unpaired) electrons. The van der Waals surface area contributed by atoms with Crippen molar-refractivity contribution in [3.63, 3.8) is 0 Å². The van der Waals surface area contributed by atoms with Crippen LogP contribution in [0.5, 0.6) is 0 Å². The van der Waals surface area contributed by atoms with E-state index in [0.29, 0.717) is 70.6 Å². The van der Waals surface area contributed by atoms with Crippen molar-refractivity contribution in [3.05, 3.63) is 180 Å². The summed E-state index contributed by atoms with van der Waals surface area (Å²) in [5.74, 6) is 0.0154. The Morgan fingerprint density at radius 3 is 1.62 bits per heavy atom. The molecule has 0 fully saturated rings. The van der Waals surface area contributed by atoms with Crippen molar-refractivity contribution in [1.82, 2.24) is 35.1 Å². The molecule has 10 nitrogen and oxygen atoms in total. The number of nitrogens with one attached hydrogen (secondary N) is 1. The Balaban J connectivity index is 0.00000340. The number of rotatable bonds is 22. The molecule has 12 heteroatoms. The van der Waals surface area contributed by atoms with Gasteiger partial charge >= 0.3 is 39.0 Å². The van der Waals surface area contributed by atoms with Crippen molar-refractivity contribution in [2.75, 3.05) is 19.6 Å². The first-order valence-corrected chi connectivity index (χ1v) is 21.7. The van der Waals surface area contributed by atoms with Gasteiger partial charge < -0.3 is 10.4 Å². The number of amides is 1. The number of pyridine rings is 4. The van der Waals surface area contributed by atoms with E-state index in [-0.39, 0.29) is 50.6 Å². The molecule has 1 amide bonds. The molecule has 64 heavy (non-hydrogen) atoms. The van der Waals surface area contributed by atoms with Crippen molar-refractivity contribution in [1.29, 1.82) is 0 Å². The summed E-state index contributed by atoms with van der Waals surface area (Å²) in [6, 6.07) is 41.0. The molecule has 0 bridgehead atoms. The molecule has 4 aromatic carbocycles. The average molecular weight is 955 g/mol. The van der Waals surface area contributed by atoms with E-state index >= 15 is 0 Å². The van der Waals surface area contributed by atoms with Gasteiger partial charge in [0.25, 0.3) is 5.91 Å². The van der Waals surface area contributed by atoms with Crippen molar-refractivity contribution < 1.29 is 53.7 Å². The van der Waals surface area contributed by atoms with Crippen LogP contribution in [0.1, 0.15) is 70.8 Å². The van der Waals surface area contributed by atoms with Gasteiger partial charge in [-0.15, -0.1) is 0 Å². The molecule has 0 spiro atoms. The molecule has 1 unspecified atom stereocenters. The van der Waals surface area contributed by atoms with E-state index in [1.54, 1.807) is 30.9 Å². The number of carbonyl (C=O) groups is 2. The van der Waals surface area contributed by atoms with Crippen molar-refractivity contribution in [2.45, 2.75) is 70.8 Å². The summed E-state index contributed by atoms with van der Waals surface area (Å²) < 4.78 is 0. The monoisotopic (exact) mass is 951 g/mol. The Morgan fingerprint density at radius 1 is 0.547 bits per heavy atom. The van der Waals surface area contributed by atoms with Crippen LogP contribution in [0.4, 0.5) is 0 Å². The van der Waals surface area contributed by atoms with Crippen molar-refractivity contribution in [2.24, 2.45) is 0 Å². The second-order valence-corrected chi connectivity index (χ2v) is 16.2. The zero-order chi connectivity index (χ0) is 42.5. The Hall–Kier alpha value is -5.21. The maximum atomic E-state index is 13.0. The molecule has 0 aliphatic heterocycles. The third kappa shape index (κ3) is 13.2. The van der Waals surface area contributed by atoms with Crippen LogP contribution in [-0.2, 0) is 76.4 Å². The van der Waals surface area contributed by atoms with Crippen LogP contribution in [0.2, 0.25) is 0 Å². The van der Waals surface area contributed by atoms with Gasteiger partial charge in [0.05, 0.1) is 34.4 Å². The van der Waals surface area contributed by atoms with Gasteiger partial charge in [-0.25, -0.2) is 0 Å². The number of aliphatic hydroxyl groups excluding tert-OH is 1. The number of Topliss-reactive ketones (excluding diaryl/α,β-unsaturated/α-hetero) is 1. The number of aliphatic hydroxyl groups is 1. The number of carbonyl (C=O) groups excluding carboxylic acids is 2. The predicted octanol–water partition coefficient (Wildman–Crippen LogP) is 8.72. The van der Waals surface area contributed by atoms with Crippen LogP contribution in [0, 0.1) is 0 Å². The quantitative estimate of drug-likeness (QED) is 0.0390. The fourth-order valence-electron chi connectivity index (χ4n) is 8.43. The maximum absolute atomic E-state index is 13.0. The van der Waals surface area contributed by atoms with E-state index in [9.17, 15) is 14.7 Å². The Bertz CT molecular complexity index is 2620. The minimum Gasteiger partial charge on any atom is -0.390 e. The number of benzene rings is 4. The summed E-state index contributed by atoms with van der Waals surface area (Å²) in [6.07, 6.45) is 10.6. The second-order valence-electron chi connectivity index (χ2n) is 16.2. The van der Waals surface area contributed by atoms with Gasteiger partial charge in [0.2, 0.25) is 0 Å². The number of nitrogens with zero attached hydrogens (tertiary/aromatic N) is 6. The van der Waals surface area contributed by atoms with E-state index in [4.69, 9.17) is 0 Å². The smallest absolute Gasteiger partial charge is 0.390 e. The number of hydrogen-bond donors (Lipinski definition) is 2. The van der Waals surface area contributed by atoms with E-state index in [1.807, 2.05) is 60.7 Å². The molecule has 4 heterocycles. The topological polar surface area (TPSA) is 124 Å². The first-order valence-electron chi connectivity index (χ1n) is 21.7. The average Bonchev–Trinajstić information content (AvgIpc) is 3.30. The van der Waals surface area contributed by atoms with E-state index < -0.39 is 6.10 Å². The van der Waals surface area contributed by atoms with Crippen LogP contribution in [0.15, 0.2) is 146 Å². The molecule has 0 aliphatic carbocycles. The number of aryl methyl sites for hydroxylation is 1. The summed E-state index contributed by atoms with van der Waals surface area (Å²) in [4.78, 5) is 48.3. The van der Waals surface area contributed by atoms with E-state index in [2.05, 4.69) is 89.6 Å². The number of aromatic nitrogens is 4. The molecule has 8 rings (SSSR count). The van der Waals surface area contributed by atoms with Gasteiger partial charge in [0.1, 0.15) is 5.78 Å². The minimum absolute atomic E-state index is 0. The van der Waals surface area contributed by atoms with Crippen LogP contribution in [0.25, 0.3) is 32.3 Å². The fourth-order valence-corrected chi connectivity index (χ4v) is 8.43. The van der Waals surface area contributed by atoms with E-state index in [1.165, 1.54) is 37.9 Å². The molecule has 0 saturated heterocycles. The molecule has 1 atom stereocenters. The van der Waals surface area contributed by atoms with Gasteiger partial charge in [0.15, 0.2) is 0 Å². The standard InChI is InChI=1S/C52H53N7O3.2Zn/c60-47(17-2-1-11-38-19-20-41-22-21-39-12-9-13-40-24-26-49(38)51(41)50(39)40)18-10-30-56-52(62)42-23-25-46(57-31-42)35-59(34-45-16-5-8-29-55-45)37-48(61)36-58(32-43-14-3-6-27-53-43)33-44-15-4-7-28-54-44;;/h3-9,12-16,19-29,31,48,61H,1-2,10-11,17-18,30,32-37H2,(H,56,62);;/q;2*+2. The Labute approximate surface area is 400 Å². The first-order chi connectivity index (χ1) is 30.4. The number of hydrogen-bond acceptors (Lipinski definition) is 9. The van der Waals surface area contributed by atoms with Crippen LogP contribution in [-0.4, -0.2) is 72.3 Å². The molecule has 0 aliphatic rings. The SMILES string of the molecule is O=C(CCCCc1ccc2ccc3cccc4ccc1c2c34)CCCNC(=O)c1ccc(CN(Cc2ccccn2)CC(O)CN(Cc2ccccn2)Cc2ccccn2)nc1.[Zn+2].[Zn+2]. The third-order valence-corrected chi connectivity index (χ3v) is 11.4. The van der Waals surface area contributed by atoms with Gasteiger partial charge in [-0.1, -0.05) is 72.8 Å². The van der Waals surface area contributed by atoms with Crippen LogP contribution in [0.3, 0.4) is 0 Å². The van der Waals surface area contributed by atoms with Gasteiger partial charge in [-0.05, 0) is 112 Å². The number of unbranched alkanes of at least 4 members (excludes halogenated alkanes) is 1. The van der Waals surface area contributed by atoms with Crippen LogP contribution < -0.4 is 5.32 Å². The third-order valence-electron chi connectivity index (χ3n) is 11.4. The summed E-state index contributed by atoms with van der Waals surface area (Å²) in [6.45, 7) is 3.32. The fraction of sp³-hybridized carbons (Fsp3) is 0.269. The van der Waals surface area contributed by atoms with Crippen LogP contribution >= 0.6 is 0 Å². The molecule has 4 aromatic heterocycles. The van der Waals surface area contributed by atoms with Gasteiger partial charge in [0, 0.05) is 83.4 Å². The largest absolute Gasteiger partial charge is 2.00 e. The van der Waals surface area contributed by atoms with E-state index in [0.717, 1.165) is 42.0 Å². The maximum Gasteiger partial charge on any atom is 2.00 e. The normalized spacial score (nSPS) is 11.8. The summed E-state index contributed by atoms with van der Waals surface area (Å²) in [5.41, 5.74) is 5.29. The second kappa shape index (κ2) is 24.2. The van der Waals surface area contributed by atoms with Crippen molar-refractivity contribution in [3.8, 4) is 0 Å². The summed E-state index contributed by atoms with van der Waals surface area (Å²) in [5, 5.41) is 22.2. The zero-order valence-corrected chi connectivity index (χ0v) is 42.4. The summed E-state index contributed by atoms with van der Waals surface area (Å²) >= 11 is 0. The van der Waals surface area contributed by atoms with Gasteiger partial charge in [-0.2, -0.15) is 0 Å². The molecule has 8 aromatic rings. The number of ketones is 1. The molecular weight excluding hydrogens is 901 g/mol. The summed E-state index contributed by atoms with van der Waals surface area (Å²) in [7, 11) is 0. The molecule has 2 N–H and O–H groups in total.